The van der Waals surface area contributed by atoms with Gasteiger partial charge >= 0.3 is 0 Å². The molecule has 0 bridgehead atoms. The van der Waals surface area contributed by atoms with E-state index in [0.29, 0.717) is 0 Å². The number of unbranched alkanes of at least 4 members (excludes halogenated alkanes) is 1. The molecule has 2 nitrogen and oxygen atoms in total. The first-order valence-corrected chi connectivity index (χ1v) is 4.82. The molecule has 0 aliphatic heterocycles. The Hall–Kier alpha value is -1.75. The monoisotopic (exact) mass is 184 g/mol. The van der Waals surface area contributed by atoms with Crippen LogP contribution in [0.5, 0.6) is 0 Å². The number of hydrogen-bond donors (Lipinski definition) is 1. The lowest BCUT2D eigenvalue weighted by Crippen LogP contribution is -1.74. The fraction of sp³-hybridized carbons (Fsp3) is 0.250. The SMILES string of the molecule is CCCC#Cc1ccc2cn[nH]c2c1. The van der Waals surface area contributed by atoms with Crippen molar-refractivity contribution in [2.45, 2.75) is 19.8 Å². The van der Waals surface area contributed by atoms with E-state index < -0.39 is 0 Å². The fourth-order valence-corrected chi connectivity index (χ4v) is 1.30. The van der Waals surface area contributed by atoms with Crippen molar-refractivity contribution < 1.29 is 0 Å². The van der Waals surface area contributed by atoms with Crippen LogP contribution in [0.4, 0.5) is 0 Å². The van der Waals surface area contributed by atoms with Crippen molar-refractivity contribution in [3.8, 4) is 11.8 Å². The number of H-pyrrole nitrogens is 1. The van der Waals surface area contributed by atoms with Crippen LogP contribution in [0.2, 0.25) is 0 Å². The first-order valence-electron chi connectivity index (χ1n) is 4.82. The van der Waals surface area contributed by atoms with Crippen molar-refractivity contribution in [1.29, 1.82) is 0 Å². The van der Waals surface area contributed by atoms with Crippen LogP contribution in [0, 0.1) is 11.8 Å². The molecule has 0 unspecified atom stereocenters. The third-order valence-corrected chi connectivity index (χ3v) is 2.05. The van der Waals surface area contributed by atoms with Gasteiger partial charge in [-0.2, -0.15) is 5.10 Å². The molecule has 0 saturated carbocycles. The van der Waals surface area contributed by atoms with Gasteiger partial charge in [-0.1, -0.05) is 18.8 Å². The van der Waals surface area contributed by atoms with Gasteiger partial charge in [-0.3, -0.25) is 5.10 Å². The summed E-state index contributed by atoms with van der Waals surface area (Å²) < 4.78 is 0. The van der Waals surface area contributed by atoms with Gasteiger partial charge in [0.2, 0.25) is 0 Å². The minimum absolute atomic E-state index is 0.959. The van der Waals surface area contributed by atoms with E-state index in [4.69, 9.17) is 0 Å². The maximum absolute atomic E-state index is 3.97. The summed E-state index contributed by atoms with van der Waals surface area (Å²) in [5.41, 5.74) is 2.10. The summed E-state index contributed by atoms with van der Waals surface area (Å²) in [5.74, 6) is 6.25. The van der Waals surface area contributed by atoms with Crippen LogP contribution in [0.15, 0.2) is 24.4 Å². The Bertz CT molecular complexity index is 485. The van der Waals surface area contributed by atoms with Crippen molar-refractivity contribution in [3.05, 3.63) is 30.0 Å². The number of nitrogens with zero attached hydrogens (tertiary/aromatic N) is 1. The van der Waals surface area contributed by atoms with Crippen LogP contribution in [0.3, 0.4) is 0 Å². The second-order valence-corrected chi connectivity index (χ2v) is 3.22. The molecule has 0 saturated heterocycles. The largest absolute Gasteiger partial charge is 0.278 e. The van der Waals surface area contributed by atoms with Gasteiger partial charge < -0.3 is 0 Å². The van der Waals surface area contributed by atoms with Crippen LogP contribution < -0.4 is 0 Å². The zero-order chi connectivity index (χ0) is 9.80. The summed E-state index contributed by atoms with van der Waals surface area (Å²) in [6, 6.07) is 6.10. The van der Waals surface area contributed by atoms with Gasteiger partial charge in [0.1, 0.15) is 0 Å². The van der Waals surface area contributed by atoms with E-state index >= 15 is 0 Å². The zero-order valence-electron chi connectivity index (χ0n) is 8.17. The molecule has 1 N–H and O–H groups in total. The number of nitrogens with one attached hydrogen (secondary N) is 1. The molecule has 1 aromatic heterocycles. The highest BCUT2D eigenvalue weighted by molar-refractivity contribution is 5.79. The topological polar surface area (TPSA) is 28.7 Å². The molecule has 70 valence electrons. The molecule has 0 aliphatic rings. The summed E-state index contributed by atoms with van der Waals surface area (Å²) in [6.45, 7) is 2.13. The number of benzene rings is 1. The molecule has 2 heteroatoms. The van der Waals surface area contributed by atoms with E-state index in [1.54, 1.807) is 0 Å². The first-order chi connectivity index (χ1) is 6.90. The Morgan fingerprint density at radius 2 is 2.36 bits per heavy atom. The molecule has 14 heavy (non-hydrogen) atoms. The Morgan fingerprint density at radius 1 is 1.43 bits per heavy atom. The van der Waals surface area contributed by atoms with Crippen molar-refractivity contribution in [2.75, 3.05) is 0 Å². The van der Waals surface area contributed by atoms with Crippen molar-refractivity contribution in [2.24, 2.45) is 0 Å². The predicted molar refractivity (Wildman–Crippen MR) is 57.9 cm³/mol. The average molecular weight is 184 g/mol. The van der Waals surface area contributed by atoms with E-state index in [0.717, 1.165) is 29.3 Å². The number of fused-ring (bicyclic) bond motifs is 1. The molecule has 2 rings (SSSR count). The van der Waals surface area contributed by atoms with Crippen molar-refractivity contribution in [1.82, 2.24) is 10.2 Å². The summed E-state index contributed by atoms with van der Waals surface area (Å²) >= 11 is 0. The van der Waals surface area contributed by atoms with E-state index in [9.17, 15) is 0 Å². The molecular formula is C12H12N2. The molecule has 2 aromatic rings. The van der Waals surface area contributed by atoms with Crippen LogP contribution in [-0.2, 0) is 0 Å². The Kier molecular flexibility index (Phi) is 2.51. The summed E-state index contributed by atoms with van der Waals surface area (Å²) in [7, 11) is 0. The second-order valence-electron chi connectivity index (χ2n) is 3.22. The van der Waals surface area contributed by atoms with E-state index in [1.807, 2.05) is 24.4 Å². The van der Waals surface area contributed by atoms with Gasteiger partial charge in [-0.05, 0) is 24.6 Å². The van der Waals surface area contributed by atoms with Gasteiger partial charge in [0.05, 0.1) is 11.7 Å². The quantitative estimate of drug-likeness (QED) is 0.678. The highest BCUT2D eigenvalue weighted by Crippen LogP contribution is 2.11. The van der Waals surface area contributed by atoms with Gasteiger partial charge in [0.15, 0.2) is 0 Å². The molecule has 0 fully saturated rings. The third-order valence-electron chi connectivity index (χ3n) is 2.05. The van der Waals surface area contributed by atoms with E-state index in [1.165, 1.54) is 0 Å². The number of rotatable bonds is 1. The summed E-state index contributed by atoms with van der Waals surface area (Å²) in [5, 5.41) is 8.03. The first kappa shape index (κ1) is 8.83. The normalized spacial score (nSPS) is 9.79. The Balaban J connectivity index is 2.31. The Labute approximate surface area is 83.3 Å². The molecule has 0 amide bonds. The van der Waals surface area contributed by atoms with Crippen LogP contribution >= 0.6 is 0 Å². The van der Waals surface area contributed by atoms with Crippen LogP contribution in [-0.4, -0.2) is 10.2 Å². The van der Waals surface area contributed by atoms with Crippen molar-refractivity contribution in [3.63, 3.8) is 0 Å². The van der Waals surface area contributed by atoms with Gasteiger partial charge in [0, 0.05) is 17.4 Å². The highest BCUT2D eigenvalue weighted by atomic mass is 15.1. The third kappa shape index (κ3) is 1.77. The lowest BCUT2D eigenvalue weighted by Gasteiger charge is -1.90. The highest BCUT2D eigenvalue weighted by Gasteiger charge is 1.94. The molecule has 0 radical (unpaired) electrons. The van der Waals surface area contributed by atoms with E-state index in [2.05, 4.69) is 29.0 Å². The number of aromatic nitrogens is 2. The van der Waals surface area contributed by atoms with Gasteiger partial charge in [-0.25, -0.2) is 0 Å². The van der Waals surface area contributed by atoms with Gasteiger partial charge in [-0.15, -0.1) is 0 Å². The maximum Gasteiger partial charge on any atom is 0.0662 e. The minimum Gasteiger partial charge on any atom is -0.278 e. The van der Waals surface area contributed by atoms with Crippen LogP contribution in [0.1, 0.15) is 25.3 Å². The molecule has 0 atom stereocenters. The molecule has 0 spiro atoms. The lowest BCUT2D eigenvalue weighted by molar-refractivity contribution is 0.983. The molecular weight excluding hydrogens is 172 g/mol. The summed E-state index contributed by atoms with van der Waals surface area (Å²) in [4.78, 5) is 0. The standard InChI is InChI=1S/C12H12N2/c1-2-3-4-5-10-6-7-11-9-13-14-12(11)8-10/h6-9H,2-3H2,1H3,(H,13,14). The van der Waals surface area contributed by atoms with E-state index in [-0.39, 0.29) is 0 Å². The molecule has 1 aromatic carbocycles. The van der Waals surface area contributed by atoms with Crippen molar-refractivity contribution >= 4 is 10.9 Å². The second kappa shape index (κ2) is 3.97. The number of hydrogen-bond acceptors (Lipinski definition) is 1. The zero-order valence-corrected chi connectivity index (χ0v) is 8.17. The minimum atomic E-state index is 0.959. The lowest BCUT2D eigenvalue weighted by atomic mass is 10.1. The van der Waals surface area contributed by atoms with Gasteiger partial charge in [0.25, 0.3) is 0 Å². The molecule has 1 heterocycles. The average Bonchev–Trinajstić information content (AvgIpc) is 2.65. The predicted octanol–water partition coefficient (Wildman–Crippen LogP) is 2.71. The Morgan fingerprint density at radius 3 is 3.21 bits per heavy atom. The smallest absolute Gasteiger partial charge is 0.0662 e. The van der Waals surface area contributed by atoms with Crippen LogP contribution in [0.25, 0.3) is 10.9 Å². The fourth-order valence-electron chi connectivity index (χ4n) is 1.30. The summed E-state index contributed by atoms with van der Waals surface area (Å²) in [6.07, 6.45) is 3.89. The molecule has 0 aliphatic carbocycles. The maximum atomic E-state index is 3.97. The number of aromatic amines is 1.